The fourth-order valence-corrected chi connectivity index (χ4v) is 1.96. The zero-order valence-electron chi connectivity index (χ0n) is 9.17. The van der Waals surface area contributed by atoms with Gasteiger partial charge in [-0.05, 0) is 45.7 Å². The van der Waals surface area contributed by atoms with Crippen LogP contribution in [-0.2, 0) is 5.54 Å². The SMILES string of the molecule is Cc1cccc(C2(NC(C)C)CC2)n1. The first kappa shape index (κ1) is 9.66. The highest BCUT2D eigenvalue weighted by molar-refractivity contribution is 5.25. The van der Waals surface area contributed by atoms with E-state index in [1.807, 2.05) is 0 Å². The molecule has 2 rings (SSSR count). The fourth-order valence-electron chi connectivity index (χ4n) is 1.96. The highest BCUT2D eigenvalue weighted by Gasteiger charge is 2.45. The summed E-state index contributed by atoms with van der Waals surface area (Å²) in [5.41, 5.74) is 2.52. The van der Waals surface area contributed by atoms with Crippen molar-refractivity contribution >= 4 is 0 Å². The summed E-state index contributed by atoms with van der Waals surface area (Å²) in [5, 5.41) is 3.61. The van der Waals surface area contributed by atoms with Gasteiger partial charge < -0.3 is 5.32 Å². The standard InChI is InChI=1S/C12H18N2/c1-9(2)14-12(7-8-12)11-6-4-5-10(3)13-11/h4-6,9,14H,7-8H2,1-3H3. The van der Waals surface area contributed by atoms with E-state index in [0.717, 1.165) is 5.69 Å². The molecule has 0 radical (unpaired) electrons. The van der Waals surface area contributed by atoms with Crippen LogP contribution in [0.5, 0.6) is 0 Å². The monoisotopic (exact) mass is 190 g/mol. The van der Waals surface area contributed by atoms with Gasteiger partial charge in [-0.25, -0.2) is 0 Å². The number of hydrogen-bond donors (Lipinski definition) is 1. The van der Waals surface area contributed by atoms with Crippen LogP contribution in [0, 0.1) is 6.92 Å². The minimum Gasteiger partial charge on any atom is -0.304 e. The Hall–Kier alpha value is -0.890. The van der Waals surface area contributed by atoms with Crippen molar-refractivity contribution in [3.8, 4) is 0 Å². The quantitative estimate of drug-likeness (QED) is 0.791. The Bertz CT molecular complexity index is 327. The molecule has 14 heavy (non-hydrogen) atoms. The van der Waals surface area contributed by atoms with Gasteiger partial charge in [-0.2, -0.15) is 0 Å². The predicted octanol–water partition coefficient (Wildman–Crippen LogP) is 2.38. The molecule has 0 spiro atoms. The van der Waals surface area contributed by atoms with Crippen molar-refractivity contribution in [1.29, 1.82) is 0 Å². The van der Waals surface area contributed by atoms with E-state index in [1.165, 1.54) is 18.5 Å². The van der Waals surface area contributed by atoms with E-state index < -0.39 is 0 Å². The molecular weight excluding hydrogens is 172 g/mol. The zero-order valence-corrected chi connectivity index (χ0v) is 9.17. The summed E-state index contributed by atoms with van der Waals surface area (Å²) in [6.45, 7) is 6.43. The summed E-state index contributed by atoms with van der Waals surface area (Å²) in [5.74, 6) is 0. The summed E-state index contributed by atoms with van der Waals surface area (Å²) < 4.78 is 0. The van der Waals surface area contributed by atoms with E-state index in [2.05, 4.69) is 49.3 Å². The van der Waals surface area contributed by atoms with Gasteiger partial charge in [0.05, 0.1) is 11.2 Å². The molecule has 0 aliphatic heterocycles. The fraction of sp³-hybridized carbons (Fsp3) is 0.583. The van der Waals surface area contributed by atoms with Crippen molar-refractivity contribution in [3.05, 3.63) is 29.6 Å². The second kappa shape index (κ2) is 3.35. The number of aromatic nitrogens is 1. The zero-order chi connectivity index (χ0) is 10.2. The van der Waals surface area contributed by atoms with Gasteiger partial charge in [0.15, 0.2) is 0 Å². The molecular formula is C12H18N2. The Morgan fingerprint density at radius 1 is 1.36 bits per heavy atom. The van der Waals surface area contributed by atoms with Crippen molar-refractivity contribution in [2.45, 2.75) is 45.2 Å². The van der Waals surface area contributed by atoms with Gasteiger partial charge in [-0.3, -0.25) is 4.98 Å². The minimum atomic E-state index is 0.195. The molecule has 76 valence electrons. The van der Waals surface area contributed by atoms with Gasteiger partial charge in [0.25, 0.3) is 0 Å². The normalized spacial score (nSPS) is 18.6. The summed E-state index contributed by atoms with van der Waals surface area (Å²) >= 11 is 0. The van der Waals surface area contributed by atoms with Crippen molar-refractivity contribution in [1.82, 2.24) is 10.3 Å². The van der Waals surface area contributed by atoms with Gasteiger partial charge in [-0.1, -0.05) is 6.07 Å². The number of nitrogens with one attached hydrogen (secondary N) is 1. The van der Waals surface area contributed by atoms with Gasteiger partial charge >= 0.3 is 0 Å². The molecule has 0 aromatic carbocycles. The Morgan fingerprint density at radius 3 is 2.57 bits per heavy atom. The molecule has 1 heterocycles. The Balaban J connectivity index is 2.22. The lowest BCUT2D eigenvalue weighted by Gasteiger charge is -2.20. The summed E-state index contributed by atoms with van der Waals surface area (Å²) in [6, 6.07) is 6.81. The van der Waals surface area contributed by atoms with Crippen molar-refractivity contribution in [2.24, 2.45) is 0 Å². The smallest absolute Gasteiger partial charge is 0.0612 e. The van der Waals surface area contributed by atoms with E-state index >= 15 is 0 Å². The summed E-state index contributed by atoms with van der Waals surface area (Å²) in [6.07, 6.45) is 2.45. The van der Waals surface area contributed by atoms with Crippen molar-refractivity contribution in [3.63, 3.8) is 0 Å². The third kappa shape index (κ3) is 1.80. The van der Waals surface area contributed by atoms with Gasteiger partial charge in [0.1, 0.15) is 0 Å². The molecule has 0 atom stereocenters. The van der Waals surface area contributed by atoms with Crippen LogP contribution in [0.15, 0.2) is 18.2 Å². The van der Waals surface area contributed by atoms with Crippen LogP contribution < -0.4 is 5.32 Å². The molecule has 2 nitrogen and oxygen atoms in total. The number of aryl methyl sites for hydroxylation is 1. The van der Waals surface area contributed by atoms with E-state index in [0.29, 0.717) is 6.04 Å². The molecule has 1 aliphatic rings. The van der Waals surface area contributed by atoms with E-state index in [1.54, 1.807) is 0 Å². The molecule has 2 heteroatoms. The summed E-state index contributed by atoms with van der Waals surface area (Å²) in [4.78, 5) is 4.60. The number of hydrogen-bond acceptors (Lipinski definition) is 2. The Kier molecular flexibility index (Phi) is 2.31. The molecule has 0 saturated heterocycles. The molecule has 1 aliphatic carbocycles. The predicted molar refractivity (Wildman–Crippen MR) is 58.2 cm³/mol. The maximum absolute atomic E-state index is 4.60. The van der Waals surface area contributed by atoms with Crippen molar-refractivity contribution < 1.29 is 0 Å². The summed E-state index contributed by atoms with van der Waals surface area (Å²) in [7, 11) is 0. The molecule has 0 unspecified atom stereocenters. The Labute approximate surface area is 85.7 Å². The van der Waals surface area contributed by atoms with Crippen LogP contribution >= 0.6 is 0 Å². The number of rotatable bonds is 3. The molecule has 1 N–H and O–H groups in total. The lowest BCUT2D eigenvalue weighted by Crippen LogP contribution is -2.35. The first-order chi connectivity index (χ1) is 6.62. The van der Waals surface area contributed by atoms with Crippen LogP contribution in [0.1, 0.15) is 38.1 Å². The third-order valence-electron chi connectivity index (χ3n) is 2.69. The minimum absolute atomic E-state index is 0.195. The van der Waals surface area contributed by atoms with E-state index in [-0.39, 0.29) is 5.54 Å². The van der Waals surface area contributed by atoms with Crippen LogP contribution in [0.4, 0.5) is 0 Å². The highest BCUT2D eigenvalue weighted by Crippen LogP contribution is 2.44. The van der Waals surface area contributed by atoms with Crippen LogP contribution in [0.2, 0.25) is 0 Å². The van der Waals surface area contributed by atoms with Crippen LogP contribution in [-0.4, -0.2) is 11.0 Å². The lowest BCUT2D eigenvalue weighted by atomic mass is 10.1. The molecule has 1 saturated carbocycles. The molecule has 1 aromatic rings. The highest BCUT2D eigenvalue weighted by atomic mass is 15.1. The molecule has 1 fully saturated rings. The van der Waals surface area contributed by atoms with Gasteiger partial charge in [0.2, 0.25) is 0 Å². The third-order valence-corrected chi connectivity index (χ3v) is 2.69. The lowest BCUT2D eigenvalue weighted by molar-refractivity contribution is 0.451. The Morgan fingerprint density at radius 2 is 2.07 bits per heavy atom. The molecule has 0 bridgehead atoms. The first-order valence-corrected chi connectivity index (χ1v) is 5.34. The number of pyridine rings is 1. The maximum atomic E-state index is 4.60. The first-order valence-electron chi connectivity index (χ1n) is 5.34. The average molecular weight is 190 g/mol. The molecule has 1 aromatic heterocycles. The van der Waals surface area contributed by atoms with E-state index in [4.69, 9.17) is 0 Å². The maximum Gasteiger partial charge on any atom is 0.0612 e. The van der Waals surface area contributed by atoms with Gasteiger partial charge in [-0.15, -0.1) is 0 Å². The topological polar surface area (TPSA) is 24.9 Å². The second-order valence-electron chi connectivity index (χ2n) is 4.55. The van der Waals surface area contributed by atoms with Crippen LogP contribution in [0.25, 0.3) is 0 Å². The second-order valence-corrected chi connectivity index (χ2v) is 4.55. The average Bonchev–Trinajstić information content (AvgIpc) is 2.84. The van der Waals surface area contributed by atoms with Gasteiger partial charge in [0, 0.05) is 11.7 Å². The molecule has 0 amide bonds. The van der Waals surface area contributed by atoms with Crippen molar-refractivity contribution in [2.75, 3.05) is 0 Å². The number of nitrogens with zero attached hydrogens (tertiary/aromatic N) is 1. The largest absolute Gasteiger partial charge is 0.304 e. The van der Waals surface area contributed by atoms with Crippen LogP contribution in [0.3, 0.4) is 0 Å². The van der Waals surface area contributed by atoms with E-state index in [9.17, 15) is 0 Å².